The van der Waals surface area contributed by atoms with E-state index in [4.69, 9.17) is 40.8 Å². The number of nitrogens with zero attached hydrogens (tertiary/aromatic N) is 3. The lowest BCUT2D eigenvalue weighted by molar-refractivity contribution is -0.143. The second-order valence-electron chi connectivity index (χ2n) is 10.4. The third-order valence-electron chi connectivity index (χ3n) is 7.12. The molecule has 2 aliphatic rings. The van der Waals surface area contributed by atoms with Crippen molar-refractivity contribution < 1.29 is 31.1 Å². The first-order valence-electron chi connectivity index (χ1n) is 14.0. The van der Waals surface area contributed by atoms with Gasteiger partial charge in [0, 0.05) is 62.1 Å². The lowest BCUT2D eigenvalue weighted by Gasteiger charge is -2.36. The van der Waals surface area contributed by atoms with Crippen molar-refractivity contribution >= 4 is 51.8 Å². The Morgan fingerprint density at radius 3 is 1.89 bits per heavy atom. The second-order valence-corrected chi connectivity index (χ2v) is 11.6. The zero-order chi connectivity index (χ0) is 32.6. The lowest BCUT2D eigenvalue weighted by atomic mass is 10.1. The number of anilines is 1. The summed E-state index contributed by atoms with van der Waals surface area (Å²) in [5, 5.41) is 3.36. The Labute approximate surface area is 273 Å². The van der Waals surface area contributed by atoms with Gasteiger partial charge in [-0.3, -0.25) is 4.90 Å². The summed E-state index contributed by atoms with van der Waals surface area (Å²) in [6.07, 6.45) is -9.80. The molecule has 5 nitrogen and oxygen atoms in total. The van der Waals surface area contributed by atoms with Gasteiger partial charge >= 0.3 is 12.4 Å². The van der Waals surface area contributed by atoms with Gasteiger partial charge in [-0.05, 0) is 48.1 Å². The van der Waals surface area contributed by atoms with Gasteiger partial charge in [0.25, 0.3) is 0 Å². The van der Waals surface area contributed by atoms with Crippen molar-refractivity contribution in [3.05, 3.63) is 100 Å². The summed E-state index contributed by atoms with van der Waals surface area (Å²) in [7, 11) is 0. The SMILES string of the molecule is FC(F)(F)c1cc(NC(=S)N2CCN(Cc3ccccc3)CC2)cc(C(F)(F)F)c1.S=C(c1cccc(Cl)c1)N1CCOCC1. The molecule has 45 heavy (non-hydrogen) atoms. The normalized spacial score (nSPS) is 16.1. The molecule has 0 radical (unpaired) electrons. The van der Waals surface area contributed by atoms with E-state index in [1.54, 1.807) is 4.90 Å². The first kappa shape index (κ1) is 34.9. The predicted molar refractivity (Wildman–Crippen MR) is 172 cm³/mol. The van der Waals surface area contributed by atoms with Crippen molar-refractivity contribution in [3.63, 3.8) is 0 Å². The summed E-state index contributed by atoms with van der Waals surface area (Å²) in [5.41, 5.74) is -0.922. The average Bonchev–Trinajstić information content (AvgIpc) is 3.01. The molecule has 0 bridgehead atoms. The van der Waals surface area contributed by atoms with E-state index in [2.05, 4.69) is 15.1 Å². The smallest absolute Gasteiger partial charge is 0.378 e. The van der Waals surface area contributed by atoms with E-state index >= 15 is 0 Å². The molecule has 2 heterocycles. The van der Waals surface area contributed by atoms with Crippen LogP contribution in [-0.4, -0.2) is 77.3 Å². The van der Waals surface area contributed by atoms with Crippen LogP contribution in [-0.2, 0) is 23.6 Å². The number of nitrogens with one attached hydrogen (secondary N) is 1. The summed E-state index contributed by atoms with van der Waals surface area (Å²) in [5.74, 6) is 0. The Morgan fingerprint density at radius 2 is 1.33 bits per heavy atom. The van der Waals surface area contributed by atoms with E-state index in [0.717, 1.165) is 54.0 Å². The highest BCUT2D eigenvalue weighted by Crippen LogP contribution is 2.37. The summed E-state index contributed by atoms with van der Waals surface area (Å²) >= 11 is 16.6. The van der Waals surface area contributed by atoms with E-state index < -0.39 is 23.5 Å². The minimum atomic E-state index is -4.90. The first-order valence-corrected chi connectivity index (χ1v) is 15.2. The van der Waals surface area contributed by atoms with Gasteiger partial charge in [0.15, 0.2) is 5.11 Å². The quantitative estimate of drug-likeness (QED) is 0.223. The Morgan fingerprint density at radius 1 is 0.733 bits per heavy atom. The van der Waals surface area contributed by atoms with Crippen LogP contribution in [0.3, 0.4) is 0 Å². The zero-order valence-electron chi connectivity index (χ0n) is 24.0. The molecule has 0 spiro atoms. The van der Waals surface area contributed by atoms with Crippen molar-refractivity contribution in [2.75, 3.05) is 57.8 Å². The number of ether oxygens (including phenoxy) is 1. The maximum atomic E-state index is 13.0. The van der Waals surface area contributed by atoms with E-state index in [1.165, 1.54) is 0 Å². The molecule has 3 aromatic carbocycles. The maximum Gasteiger partial charge on any atom is 0.416 e. The molecule has 0 saturated carbocycles. The number of hydrogen-bond acceptors (Lipinski definition) is 4. The Hall–Kier alpha value is -2.97. The number of benzene rings is 3. The average molecular weight is 689 g/mol. The molecule has 0 atom stereocenters. The highest BCUT2D eigenvalue weighted by Gasteiger charge is 2.37. The van der Waals surface area contributed by atoms with Crippen LogP contribution in [0.15, 0.2) is 72.8 Å². The summed E-state index contributed by atoms with van der Waals surface area (Å²) in [4.78, 5) is 6.97. The van der Waals surface area contributed by atoms with Crippen molar-refractivity contribution in [2.45, 2.75) is 18.9 Å². The molecule has 0 aromatic heterocycles. The van der Waals surface area contributed by atoms with Gasteiger partial charge in [-0.1, -0.05) is 66.3 Å². The topological polar surface area (TPSA) is 31.0 Å². The van der Waals surface area contributed by atoms with E-state index in [9.17, 15) is 26.3 Å². The molecule has 2 saturated heterocycles. The van der Waals surface area contributed by atoms with Gasteiger partial charge in [0.1, 0.15) is 4.99 Å². The fourth-order valence-corrected chi connectivity index (χ4v) is 5.55. The standard InChI is InChI=1S/C20H19F6N3S.C11H12ClNOS/c21-19(22,23)15-10-16(20(24,25)26)12-17(11-15)27-18(30)29-8-6-28(7-9-29)13-14-4-2-1-3-5-14;12-10-3-1-2-9(8-10)11(15)13-4-6-14-7-5-13/h1-5,10-12H,6-9,13H2,(H,27,30);1-3,8H,4-7H2. The Bertz CT molecular complexity index is 1410. The number of piperazine rings is 1. The largest absolute Gasteiger partial charge is 0.416 e. The van der Waals surface area contributed by atoms with Crippen molar-refractivity contribution in [3.8, 4) is 0 Å². The molecule has 2 aliphatic heterocycles. The molecule has 3 aromatic rings. The predicted octanol–water partition coefficient (Wildman–Crippen LogP) is 7.59. The number of hydrogen-bond donors (Lipinski definition) is 1. The van der Waals surface area contributed by atoms with E-state index in [-0.39, 0.29) is 16.9 Å². The molecule has 1 N–H and O–H groups in total. The molecular weight excluding hydrogens is 658 g/mol. The number of halogens is 7. The molecule has 2 fully saturated rings. The molecule has 14 heteroatoms. The monoisotopic (exact) mass is 688 g/mol. The van der Waals surface area contributed by atoms with Crippen LogP contribution in [0.4, 0.5) is 32.0 Å². The molecule has 5 rings (SSSR count). The molecule has 0 amide bonds. The van der Waals surface area contributed by atoms with Gasteiger partial charge < -0.3 is 19.9 Å². The Kier molecular flexibility index (Phi) is 12.1. The highest BCUT2D eigenvalue weighted by molar-refractivity contribution is 7.80. The molecule has 0 unspecified atom stereocenters. The molecule has 0 aliphatic carbocycles. The number of alkyl halides is 6. The van der Waals surface area contributed by atoms with Gasteiger partial charge in [0.2, 0.25) is 0 Å². The first-order chi connectivity index (χ1) is 21.3. The third-order valence-corrected chi connectivity index (χ3v) is 8.21. The van der Waals surface area contributed by atoms with Gasteiger partial charge in [0.05, 0.1) is 24.3 Å². The van der Waals surface area contributed by atoms with Crippen LogP contribution >= 0.6 is 36.0 Å². The van der Waals surface area contributed by atoms with Gasteiger partial charge in [-0.2, -0.15) is 26.3 Å². The summed E-state index contributed by atoms with van der Waals surface area (Å²) in [6, 6.07) is 18.9. The highest BCUT2D eigenvalue weighted by atomic mass is 35.5. The fraction of sp³-hybridized carbons (Fsp3) is 0.355. The number of morpholine rings is 1. The number of rotatable bonds is 4. The fourth-order valence-electron chi connectivity index (χ4n) is 4.75. The Balaban J connectivity index is 0.000000256. The third kappa shape index (κ3) is 10.5. The van der Waals surface area contributed by atoms with Gasteiger partial charge in [-0.15, -0.1) is 0 Å². The zero-order valence-corrected chi connectivity index (χ0v) is 26.4. The van der Waals surface area contributed by atoms with Crippen LogP contribution in [0.25, 0.3) is 0 Å². The summed E-state index contributed by atoms with van der Waals surface area (Å²) in [6.45, 7) is 6.38. The van der Waals surface area contributed by atoms with Crippen LogP contribution in [0.2, 0.25) is 5.02 Å². The van der Waals surface area contributed by atoms with Gasteiger partial charge in [-0.25, -0.2) is 0 Å². The second kappa shape index (κ2) is 15.5. The van der Waals surface area contributed by atoms with Crippen molar-refractivity contribution in [1.29, 1.82) is 0 Å². The van der Waals surface area contributed by atoms with Crippen molar-refractivity contribution in [2.24, 2.45) is 0 Å². The minimum Gasteiger partial charge on any atom is -0.378 e. The van der Waals surface area contributed by atoms with E-state index in [0.29, 0.717) is 38.3 Å². The van der Waals surface area contributed by atoms with Crippen LogP contribution in [0.5, 0.6) is 0 Å². The molecule has 242 valence electrons. The summed E-state index contributed by atoms with van der Waals surface area (Å²) < 4.78 is 83.3. The van der Waals surface area contributed by atoms with Crippen LogP contribution < -0.4 is 5.32 Å². The lowest BCUT2D eigenvalue weighted by Crippen LogP contribution is -2.49. The van der Waals surface area contributed by atoms with Crippen molar-refractivity contribution in [1.82, 2.24) is 14.7 Å². The minimum absolute atomic E-state index is 0.0938. The number of thiocarbonyl (C=S) groups is 2. The van der Waals surface area contributed by atoms with Crippen LogP contribution in [0, 0.1) is 0 Å². The van der Waals surface area contributed by atoms with E-state index in [1.807, 2.05) is 54.6 Å². The maximum absolute atomic E-state index is 13.0. The van der Waals surface area contributed by atoms with Crippen LogP contribution in [0.1, 0.15) is 22.3 Å². The molecular formula is C31H31ClF6N4OS2.